The fourth-order valence-corrected chi connectivity index (χ4v) is 3.24. The van der Waals surface area contributed by atoms with Crippen LogP contribution in [0.15, 0.2) is 18.3 Å². The summed E-state index contributed by atoms with van der Waals surface area (Å²) in [6, 6.07) is 3.48. The Bertz CT molecular complexity index is 738. The quantitative estimate of drug-likeness (QED) is 0.864. The number of aryl methyl sites for hydroxylation is 1. The van der Waals surface area contributed by atoms with Crippen LogP contribution in [-0.4, -0.2) is 57.6 Å². The Labute approximate surface area is 146 Å². The molecule has 6 nitrogen and oxygen atoms in total. The molecule has 7 heteroatoms. The van der Waals surface area contributed by atoms with Crippen LogP contribution in [0.25, 0.3) is 5.65 Å². The van der Waals surface area contributed by atoms with E-state index in [2.05, 4.69) is 15.2 Å². The molecule has 1 unspecified atom stereocenters. The maximum absolute atomic E-state index is 14.4. The number of amides is 1. The molecule has 0 saturated carbocycles. The molecule has 1 saturated heterocycles. The minimum atomic E-state index is -0.682. The van der Waals surface area contributed by atoms with Crippen molar-refractivity contribution in [2.45, 2.75) is 38.7 Å². The SMILES string of the molecule is Cc1ccc2nc(C(=O)NCC(O)CN3CCCCCC3)c(F)n2c1. The second kappa shape index (κ2) is 7.93. The van der Waals surface area contributed by atoms with Crippen molar-refractivity contribution < 1.29 is 14.3 Å². The van der Waals surface area contributed by atoms with Crippen molar-refractivity contribution in [1.29, 1.82) is 0 Å². The zero-order valence-corrected chi connectivity index (χ0v) is 14.5. The molecule has 1 amide bonds. The Morgan fingerprint density at radius 3 is 2.76 bits per heavy atom. The second-order valence-corrected chi connectivity index (χ2v) is 6.76. The number of aliphatic hydroxyl groups excluding tert-OH is 1. The molecule has 2 N–H and O–H groups in total. The molecular formula is C18H25FN4O2. The van der Waals surface area contributed by atoms with Gasteiger partial charge in [-0.25, -0.2) is 4.98 Å². The van der Waals surface area contributed by atoms with Crippen LogP contribution in [-0.2, 0) is 0 Å². The zero-order valence-electron chi connectivity index (χ0n) is 14.5. The van der Waals surface area contributed by atoms with Crippen LogP contribution in [0.3, 0.4) is 0 Å². The Kier molecular flexibility index (Phi) is 5.65. The van der Waals surface area contributed by atoms with Crippen LogP contribution in [0.4, 0.5) is 4.39 Å². The second-order valence-electron chi connectivity index (χ2n) is 6.76. The van der Waals surface area contributed by atoms with E-state index in [4.69, 9.17) is 0 Å². The van der Waals surface area contributed by atoms with Crippen molar-refractivity contribution in [3.8, 4) is 0 Å². The third-order valence-corrected chi connectivity index (χ3v) is 4.59. The fourth-order valence-electron chi connectivity index (χ4n) is 3.24. The van der Waals surface area contributed by atoms with Crippen LogP contribution in [0.1, 0.15) is 41.7 Å². The molecule has 2 aromatic rings. The number of halogens is 1. The number of carbonyl (C=O) groups is 1. The number of fused-ring (bicyclic) bond motifs is 1. The van der Waals surface area contributed by atoms with E-state index in [1.165, 1.54) is 17.2 Å². The number of hydrogen-bond acceptors (Lipinski definition) is 4. The number of β-amino-alcohol motifs (C(OH)–C–C–N with tert-alkyl or cyclic N) is 1. The summed E-state index contributed by atoms with van der Waals surface area (Å²) in [5.41, 5.74) is 1.02. The van der Waals surface area contributed by atoms with E-state index in [-0.39, 0.29) is 12.2 Å². The summed E-state index contributed by atoms with van der Waals surface area (Å²) in [6.07, 6.45) is 5.68. The number of imidazole rings is 1. The molecule has 3 heterocycles. The summed E-state index contributed by atoms with van der Waals surface area (Å²) >= 11 is 0. The first-order chi connectivity index (χ1) is 12.0. The van der Waals surface area contributed by atoms with Gasteiger partial charge in [0.2, 0.25) is 5.95 Å². The first-order valence-corrected chi connectivity index (χ1v) is 8.87. The van der Waals surface area contributed by atoms with E-state index >= 15 is 0 Å². The van der Waals surface area contributed by atoms with Gasteiger partial charge in [-0.3, -0.25) is 9.20 Å². The molecule has 1 atom stereocenters. The number of pyridine rings is 1. The lowest BCUT2D eigenvalue weighted by Crippen LogP contribution is -2.40. The molecule has 3 rings (SSSR count). The van der Waals surface area contributed by atoms with E-state index in [1.807, 2.05) is 13.0 Å². The van der Waals surface area contributed by atoms with Gasteiger partial charge in [0.1, 0.15) is 5.65 Å². The monoisotopic (exact) mass is 348 g/mol. The Balaban J connectivity index is 1.57. The molecule has 0 aliphatic carbocycles. The van der Waals surface area contributed by atoms with Crippen molar-refractivity contribution in [3.05, 3.63) is 35.5 Å². The van der Waals surface area contributed by atoms with E-state index in [0.717, 1.165) is 31.5 Å². The van der Waals surface area contributed by atoms with E-state index in [9.17, 15) is 14.3 Å². The lowest BCUT2D eigenvalue weighted by Gasteiger charge is -2.23. The summed E-state index contributed by atoms with van der Waals surface area (Å²) in [4.78, 5) is 18.5. The van der Waals surface area contributed by atoms with Gasteiger partial charge in [0, 0.05) is 19.3 Å². The van der Waals surface area contributed by atoms with Crippen molar-refractivity contribution in [1.82, 2.24) is 19.6 Å². The van der Waals surface area contributed by atoms with Crippen LogP contribution >= 0.6 is 0 Å². The molecule has 2 aromatic heterocycles. The highest BCUT2D eigenvalue weighted by Gasteiger charge is 2.20. The highest BCUT2D eigenvalue weighted by Crippen LogP contribution is 2.13. The minimum Gasteiger partial charge on any atom is -0.390 e. The van der Waals surface area contributed by atoms with Gasteiger partial charge in [-0.15, -0.1) is 0 Å². The van der Waals surface area contributed by atoms with Gasteiger partial charge in [-0.1, -0.05) is 18.9 Å². The lowest BCUT2D eigenvalue weighted by molar-refractivity contribution is 0.0855. The van der Waals surface area contributed by atoms with E-state index in [0.29, 0.717) is 12.2 Å². The molecule has 1 aliphatic rings. The summed E-state index contributed by atoms with van der Waals surface area (Å²) < 4.78 is 15.6. The molecule has 25 heavy (non-hydrogen) atoms. The summed E-state index contributed by atoms with van der Waals surface area (Å²) in [6.45, 7) is 4.41. The predicted molar refractivity (Wildman–Crippen MR) is 93.1 cm³/mol. The summed E-state index contributed by atoms with van der Waals surface area (Å²) in [7, 11) is 0. The number of nitrogens with zero attached hydrogens (tertiary/aromatic N) is 3. The number of rotatable bonds is 5. The average molecular weight is 348 g/mol. The van der Waals surface area contributed by atoms with E-state index in [1.54, 1.807) is 12.3 Å². The number of hydrogen-bond donors (Lipinski definition) is 2. The van der Waals surface area contributed by atoms with Gasteiger partial charge in [-0.2, -0.15) is 4.39 Å². The van der Waals surface area contributed by atoms with Crippen molar-refractivity contribution in [2.24, 2.45) is 0 Å². The van der Waals surface area contributed by atoms with E-state index < -0.39 is 18.0 Å². The van der Waals surface area contributed by atoms with Gasteiger partial charge in [0.15, 0.2) is 5.69 Å². The maximum atomic E-state index is 14.4. The number of aliphatic hydroxyl groups is 1. The molecule has 0 spiro atoms. The first kappa shape index (κ1) is 17.8. The highest BCUT2D eigenvalue weighted by molar-refractivity contribution is 5.93. The predicted octanol–water partition coefficient (Wildman–Crippen LogP) is 1.75. The van der Waals surface area contributed by atoms with Gasteiger partial charge in [0.05, 0.1) is 6.10 Å². The maximum Gasteiger partial charge on any atom is 0.274 e. The fraction of sp³-hybridized carbons (Fsp3) is 0.556. The molecule has 1 fully saturated rings. The van der Waals surface area contributed by atoms with Crippen LogP contribution in [0.2, 0.25) is 0 Å². The molecular weight excluding hydrogens is 323 g/mol. The normalized spacial score (nSPS) is 17.4. The number of nitrogens with one attached hydrogen (secondary N) is 1. The Morgan fingerprint density at radius 1 is 1.32 bits per heavy atom. The summed E-state index contributed by atoms with van der Waals surface area (Å²) in [5.74, 6) is -1.29. The first-order valence-electron chi connectivity index (χ1n) is 8.87. The topological polar surface area (TPSA) is 69.9 Å². The lowest BCUT2D eigenvalue weighted by atomic mass is 10.2. The van der Waals surface area contributed by atoms with Crippen LogP contribution in [0.5, 0.6) is 0 Å². The number of aromatic nitrogens is 2. The Morgan fingerprint density at radius 2 is 2.04 bits per heavy atom. The molecule has 0 radical (unpaired) electrons. The average Bonchev–Trinajstić information content (AvgIpc) is 2.76. The third-order valence-electron chi connectivity index (χ3n) is 4.59. The van der Waals surface area contributed by atoms with Gasteiger partial charge >= 0.3 is 0 Å². The third kappa shape index (κ3) is 4.35. The van der Waals surface area contributed by atoms with Crippen LogP contribution in [0, 0.1) is 12.9 Å². The minimum absolute atomic E-state index is 0.0850. The van der Waals surface area contributed by atoms with Gasteiger partial charge < -0.3 is 15.3 Å². The largest absolute Gasteiger partial charge is 0.390 e. The molecule has 0 bridgehead atoms. The van der Waals surface area contributed by atoms with Crippen molar-refractivity contribution in [2.75, 3.05) is 26.2 Å². The number of carbonyl (C=O) groups excluding carboxylic acids is 1. The number of likely N-dealkylation sites (tertiary alicyclic amines) is 1. The highest BCUT2D eigenvalue weighted by atomic mass is 19.1. The van der Waals surface area contributed by atoms with Crippen molar-refractivity contribution >= 4 is 11.6 Å². The molecule has 1 aliphatic heterocycles. The summed E-state index contributed by atoms with van der Waals surface area (Å²) in [5, 5.41) is 12.7. The Hall–Kier alpha value is -1.99. The zero-order chi connectivity index (χ0) is 17.8. The standard InChI is InChI=1S/C18H25FN4O2/c1-13-6-7-15-21-16(17(19)23(15)11-13)18(25)20-10-14(24)12-22-8-4-2-3-5-9-22/h6-7,11,14,24H,2-5,8-10,12H2,1H3,(H,20,25). The van der Waals surface area contributed by atoms with Gasteiger partial charge in [0.25, 0.3) is 5.91 Å². The molecule has 136 valence electrons. The van der Waals surface area contributed by atoms with Crippen LogP contribution < -0.4 is 5.32 Å². The van der Waals surface area contributed by atoms with Crippen molar-refractivity contribution in [3.63, 3.8) is 0 Å². The molecule has 0 aromatic carbocycles. The smallest absolute Gasteiger partial charge is 0.274 e. The van der Waals surface area contributed by atoms with Gasteiger partial charge in [-0.05, 0) is 44.5 Å².